The molecule has 29 heavy (non-hydrogen) atoms. The van der Waals surface area contributed by atoms with Crippen molar-refractivity contribution in [1.29, 1.82) is 0 Å². The lowest BCUT2D eigenvalue weighted by Crippen LogP contribution is -2.00. The van der Waals surface area contributed by atoms with Crippen LogP contribution in [0.3, 0.4) is 0 Å². The lowest BCUT2D eigenvalue weighted by molar-refractivity contribution is 0.996. The predicted molar refractivity (Wildman–Crippen MR) is 128 cm³/mol. The molecule has 5 aromatic rings. The molecular formula is C28H21P. The van der Waals surface area contributed by atoms with Gasteiger partial charge in [-0.3, -0.25) is 0 Å². The molecule has 0 N–H and O–H groups in total. The van der Waals surface area contributed by atoms with Gasteiger partial charge in [0, 0.05) is 5.66 Å². The molecule has 0 spiro atoms. The van der Waals surface area contributed by atoms with E-state index in [0.717, 1.165) is 15.0 Å². The molecule has 0 bridgehead atoms. The van der Waals surface area contributed by atoms with Crippen molar-refractivity contribution >= 4 is 35.4 Å². The monoisotopic (exact) mass is 388 g/mol. The van der Waals surface area contributed by atoms with Gasteiger partial charge in [0.05, 0.1) is 0 Å². The van der Waals surface area contributed by atoms with Crippen LogP contribution in [0.5, 0.6) is 0 Å². The summed E-state index contributed by atoms with van der Waals surface area (Å²) in [4.78, 5) is 0. The molecule has 0 aromatic heterocycles. The minimum absolute atomic E-state index is 0.547. The van der Waals surface area contributed by atoms with Crippen LogP contribution in [0.1, 0.15) is 16.8 Å². The Balaban J connectivity index is 1.66. The number of hydrogen-bond donors (Lipinski definition) is 0. The number of benzene rings is 5. The third-order valence-electron chi connectivity index (χ3n) is 6.10. The molecule has 0 fully saturated rings. The third-order valence-corrected chi connectivity index (χ3v) is 7.61. The highest BCUT2D eigenvalue weighted by molar-refractivity contribution is 7.47. The summed E-state index contributed by atoms with van der Waals surface area (Å²) in [7, 11) is 0.787. The Morgan fingerprint density at radius 2 is 1.31 bits per heavy atom. The summed E-state index contributed by atoms with van der Waals surface area (Å²) in [6, 6.07) is 37.9. The molecule has 2 unspecified atom stereocenters. The molecule has 0 radical (unpaired) electrons. The molecule has 0 aliphatic heterocycles. The molecule has 5 aromatic carbocycles. The first-order valence-corrected chi connectivity index (χ1v) is 11.3. The molecule has 0 nitrogen and oxygen atoms in total. The average Bonchev–Trinajstić information content (AvgIpc) is 3.14. The summed E-state index contributed by atoms with van der Waals surface area (Å²) in [6.45, 7) is 0. The van der Waals surface area contributed by atoms with Crippen molar-refractivity contribution in [1.82, 2.24) is 0 Å². The predicted octanol–water partition coefficient (Wildman–Crippen LogP) is 7.26. The van der Waals surface area contributed by atoms with Crippen molar-refractivity contribution in [2.75, 3.05) is 0 Å². The van der Waals surface area contributed by atoms with Crippen molar-refractivity contribution in [2.24, 2.45) is 0 Å². The maximum atomic E-state index is 2.39. The quantitative estimate of drug-likeness (QED) is 0.225. The molecule has 1 aliphatic rings. The maximum absolute atomic E-state index is 2.39. The minimum atomic E-state index is 0.547. The zero-order chi connectivity index (χ0) is 19.2. The van der Waals surface area contributed by atoms with E-state index >= 15 is 0 Å². The molecule has 1 aliphatic carbocycles. The van der Waals surface area contributed by atoms with E-state index in [4.69, 9.17) is 0 Å². The van der Waals surface area contributed by atoms with E-state index in [2.05, 4.69) is 103 Å². The van der Waals surface area contributed by atoms with Crippen LogP contribution >= 0.6 is 8.58 Å². The van der Waals surface area contributed by atoms with Gasteiger partial charge in [-0.25, -0.2) is 0 Å². The molecule has 2 atom stereocenters. The van der Waals surface area contributed by atoms with Crippen molar-refractivity contribution < 1.29 is 0 Å². The highest BCUT2D eigenvalue weighted by atomic mass is 31.1. The van der Waals surface area contributed by atoms with Gasteiger partial charge >= 0.3 is 0 Å². The first-order valence-electron chi connectivity index (χ1n) is 10.2. The number of rotatable bonds is 3. The van der Waals surface area contributed by atoms with E-state index in [9.17, 15) is 0 Å². The summed E-state index contributed by atoms with van der Waals surface area (Å²) >= 11 is 0. The van der Waals surface area contributed by atoms with Crippen LogP contribution in [0.15, 0.2) is 103 Å². The van der Waals surface area contributed by atoms with Gasteiger partial charge in [0.15, 0.2) is 0 Å². The lowest BCUT2D eigenvalue weighted by Gasteiger charge is -2.18. The second-order valence-electron chi connectivity index (χ2n) is 7.84. The van der Waals surface area contributed by atoms with Gasteiger partial charge in [-0.15, -0.1) is 0 Å². The highest BCUT2D eigenvalue weighted by Crippen LogP contribution is 2.51. The van der Waals surface area contributed by atoms with E-state index in [1.54, 1.807) is 5.56 Å². The first-order chi connectivity index (χ1) is 14.4. The molecule has 0 saturated heterocycles. The lowest BCUT2D eigenvalue weighted by atomic mass is 9.91. The third kappa shape index (κ3) is 2.79. The Kier molecular flexibility index (Phi) is 3.99. The SMILES string of the molecule is c1ccc(PC2Cc3cccc4cc5cccc(-c6ccccc6)c5c2c34)cc1. The van der Waals surface area contributed by atoms with Crippen LogP contribution in [-0.2, 0) is 6.42 Å². The molecule has 0 amide bonds. The van der Waals surface area contributed by atoms with Crippen LogP contribution in [0.25, 0.3) is 32.7 Å². The van der Waals surface area contributed by atoms with Crippen LogP contribution in [0, 0.1) is 0 Å². The smallest absolute Gasteiger partial charge is 0.0108 e. The topological polar surface area (TPSA) is 0 Å². The fourth-order valence-electron chi connectivity index (χ4n) is 4.91. The standard InChI is InChI=1S/C28H21P/c1-3-9-19(10-4-1)24-16-8-13-21-17-20-11-7-12-22-18-25(28(26(20)22)27(21)24)29-23-14-5-2-6-15-23/h1-17,25,29H,18H2. The average molecular weight is 388 g/mol. The minimum Gasteiger partial charge on any atom is -0.0823 e. The summed E-state index contributed by atoms with van der Waals surface area (Å²) in [5.74, 6) is 0. The van der Waals surface area contributed by atoms with Gasteiger partial charge in [-0.05, 0) is 61.6 Å². The van der Waals surface area contributed by atoms with Gasteiger partial charge in [-0.2, -0.15) is 0 Å². The maximum Gasteiger partial charge on any atom is 0.0108 e. The Morgan fingerprint density at radius 1 is 0.621 bits per heavy atom. The second kappa shape index (κ2) is 6.83. The Morgan fingerprint density at radius 3 is 2.10 bits per heavy atom. The molecule has 1 heteroatoms. The van der Waals surface area contributed by atoms with Crippen molar-refractivity contribution in [2.45, 2.75) is 12.1 Å². The summed E-state index contributed by atoms with van der Waals surface area (Å²) in [5.41, 5.74) is 6.29. The van der Waals surface area contributed by atoms with E-state index in [1.165, 1.54) is 43.5 Å². The highest BCUT2D eigenvalue weighted by Gasteiger charge is 2.28. The fourth-order valence-corrected chi connectivity index (χ4v) is 6.45. The molecular weight excluding hydrogens is 367 g/mol. The summed E-state index contributed by atoms with van der Waals surface area (Å²) in [6.07, 6.45) is 1.14. The van der Waals surface area contributed by atoms with Crippen LogP contribution < -0.4 is 5.30 Å². The molecule has 138 valence electrons. The Bertz CT molecular complexity index is 1340. The van der Waals surface area contributed by atoms with E-state index in [0.29, 0.717) is 5.66 Å². The normalized spacial score (nSPS) is 15.7. The first kappa shape index (κ1) is 17.0. The van der Waals surface area contributed by atoms with Crippen LogP contribution in [-0.4, -0.2) is 0 Å². The van der Waals surface area contributed by atoms with E-state index < -0.39 is 0 Å². The number of hydrogen-bond acceptors (Lipinski definition) is 0. The van der Waals surface area contributed by atoms with Crippen LogP contribution in [0.4, 0.5) is 0 Å². The van der Waals surface area contributed by atoms with Gasteiger partial charge < -0.3 is 0 Å². The zero-order valence-corrected chi connectivity index (χ0v) is 17.1. The van der Waals surface area contributed by atoms with Crippen molar-refractivity contribution in [3.63, 3.8) is 0 Å². The number of fused-ring (bicyclic) bond motifs is 2. The molecule has 0 saturated carbocycles. The fraction of sp³-hybridized carbons (Fsp3) is 0.0714. The molecule has 6 rings (SSSR count). The van der Waals surface area contributed by atoms with Crippen molar-refractivity contribution in [3.05, 3.63) is 114 Å². The molecule has 0 heterocycles. The van der Waals surface area contributed by atoms with Crippen LogP contribution in [0.2, 0.25) is 0 Å². The summed E-state index contributed by atoms with van der Waals surface area (Å²) < 4.78 is 0. The largest absolute Gasteiger partial charge is 0.0823 e. The Hall–Kier alpha value is -2.95. The van der Waals surface area contributed by atoms with Gasteiger partial charge in [0.25, 0.3) is 0 Å². The summed E-state index contributed by atoms with van der Waals surface area (Å²) in [5, 5.41) is 7.14. The van der Waals surface area contributed by atoms with E-state index in [1.807, 2.05) is 0 Å². The van der Waals surface area contributed by atoms with E-state index in [-0.39, 0.29) is 0 Å². The van der Waals surface area contributed by atoms with Gasteiger partial charge in [-0.1, -0.05) is 106 Å². The zero-order valence-electron chi connectivity index (χ0n) is 16.1. The van der Waals surface area contributed by atoms with Crippen molar-refractivity contribution in [3.8, 4) is 11.1 Å². The van der Waals surface area contributed by atoms with Gasteiger partial charge in [0.1, 0.15) is 0 Å². The van der Waals surface area contributed by atoms with Gasteiger partial charge in [0.2, 0.25) is 0 Å². The Labute approximate surface area is 173 Å². The second-order valence-corrected chi connectivity index (χ2v) is 9.41.